The van der Waals surface area contributed by atoms with Gasteiger partial charge in [-0.25, -0.2) is 0 Å². The zero-order valence-corrected chi connectivity index (χ0v) is 12.2. The SMILES string of the molecule is Cn1cc(C2CCN(C(=O)C3CCCC(N)C3)C2)cn1. The van der Waals surface area contributed by atoms with Crippen LogP contribution in [-0.4, -0.2) is 39.7 Å². The Balaban J connectivity index is 1.60. The lowest BCUT2D eigenvalue weighted by molar-refractivity contribution is -0.135. The number of carbonyl (C=O) groups is 1. The Morgan fingerprint density at radius 3 is 2.95 bits per heavy atom. The van der Waals surface area contributed by atoms with E-state index in [1.165, 1.54) is 5.56 Å². The first-order valence-corrected chi connectivity index (χ1v) is 7.66. The van der Waals surface area contributed by atoms with Gasteiger partial charge in [0.15, 0.2) is 0 Å². The molecule has 1 aliphatic carbocycles. The Kier molecular flexibility index (Phi) is 3.78. The van der Waals surface area contributed by atoms with E-state index in [1.807, 2.05) is 22.8 Å². The highest BCUT2D eigenvalue weighted by molar-refractivity contribution is 5.79. The zero-order chi connectivity index (χ0) is 14.1. The van der Waals surface area contributed by atoms with E-state index in [0.29, 0.717) is 11.8 Å². The van der Waals surface area contributed by atoms with Crippen molar-refractivity contribution in [2.45, 2.75) is 44.1 Å². The number of rotatable bonds is 2. The average molecular weight is 276 g/mol. The number of aryl methyl sites for hydroxylation is 1. The Bertz CT molecular complexity index is 484. The maximum Gasteiger partial charge on any atom is 0.225 e. The van der Waals surface area contributed by atoms with Crippen LogP contribution in [0, 0.1) is 5.92 Å². The Labute approximate surface area is 120 Å². The lowest BCUT2D eigenvalue weighted by Gasteiger charge is -2.29. The number of aromatic nitrogens is 2. The molecular weight excluding hydrogens is 252 g/mol. The third kappa shape index (κ3) is 2.73. The van der Waals surface area contributed by atoms with Crippen molar-refractivity contribution in [3.63, 3.8) is 0 Å². The van der Waals surface area contributed by atoms with E-state index >= 15 is 0 Å². The molecule has 1 aromatic heterocycles. The molecule has 3 rings (SSSR count). The summed E-state index contributed by atoms with van der Waals surface area (Å²) in [4.78, 5) is 14.6. The van der Waals surface area contributed by atoms with Crippen LogP contribution in [0.15, 0.2) is 12.4 Å². The number of likely N-dealkylation sites (tertiary alicyclic amines) is 1. The molecular formula is C15H24N4O. The molecule has 0 spiro atoms. The van der Waals surface area contributed by atoms with Gasteiger partial charge in [0.1, 0.15) is 0 Å². The number of nitrogens with zero attached hydrogens (tertiary/aromatic N) is 3. The maximum atomic E-state index is 12.6. The number of amides is 1. The van der Waals surface area contributed by atoms with Gasteiger partial charge in [-0.05, 0) is 31.2 Å². The number of carbonyl (C=O) groups excluding carboxylic acids is 1. The van der Waals surface area contributed by atoms with E-state index in [-0.39, 0.29) is 12.0 Å². The van der Waals surface area contributed by atoms with Crippen LogP contribution < -0.4 is 5.73 Å². The van der Waals surface area contributed by atoms with Crippen molar-refractivity contribution in [1.29, 1.82) is 0 Å². The molecule has 0 aromatic carbocycles. The fraction of sp³-hybridized carbons (Fsp3) is 0.733. The smallest absolute Gasteiger partial charge is 0.225 e. The van der Waals surface area contributed by atoms with Gasteiger partial charge in [-0.1, -0.05) is 6.42 Å². The summed E-state index contributed by atoms with van der Waals surface area (Å²) in [5, 5.41) is 4.23. The van der Waals surface area contributed by atoms with Gasteiger partial charge < -0.3 is 10.6 Å². The highest BCUT2D eigenvalue weighted by Gasteiger charge is 2.33. The van der Waals surface area contributed by atoms with E-state index in [1.54, 1.807) is 0 Å². The van der Waals surface area contributed by atoms with Crippen LogP contribution in [0.25, 0.3) is 0 Å². The molecule has 1 saturated heterocycles. The Morgan fingerprint density at radius 2 is 2.25 bits per heavy atom. The summed E-state index contributed by atoms with van der Waals surface area (Å²) in [6.45, 7) is 1.72. The van der Waals surface area contributed by atoms with Crippen molar-refractivity contribution in [2.75, 3.05) is 13.1 Å². The normalized spacial score (nSPS) is 30.7. The maximum absolute atomic E-state index is 12.6. The highest BCUT2D eigenvalue weighted by atomic mass is 16.2. The van der Waals surface area contributed by atoms with E-state index in [2.05, 4.69) is 11.3 Å². The molecule has 2 heterocycles. The third-order valence-corrected chi connectivity index (χ3v) is 4.76. The van der Waals surface area contributed by atoms with Crippen LogP contribution >= 0.6 is 0 Å². The van der Waals surface area contributed by atoms with Crippen molar-refractivity contribution < 1.29 is 4.79 Å². The highest BCUT2D eigenvalue weighted by Crippen LogP contribution is 2.31. The van der Waals surface area contributed by atoms with Gasteiger partial charge in [-0.15, -0.1) is 0 Å². The quantitative estimate of drug-likeness (QED) is 0.884. The minimum atomic E-state index is 0.159. The Hall–Kier alpha value is -1.36. The zero-order valence-electron chi connectivity index (χ0n) is 12.2. The molecule has 1 amide bonds. The lowest BCUT2D eigenvalue weighted by atomic mass is 9.85. The molecule has 20 heavy (non-hydrogen) atoms. The summed E-state index contributed by atoms with van der Waals surface area (Å²) >= 11 is 0. The second-order valence-electron chi connectivity index (χ2n) is 6.34. The molecule has 2 aliphatic rings. The molecule has 5 nitrogen and oxygen atoms in total. The summed E-state index contributed by atoms with van der Waals surface area (Å²) < 4.78 is 1.83. The molecule has 3 unspecified atom stereocenters. The van der Waals surface area contributed by atoms with E-state index < -0.39 is 0 Å². The molecule has 110 valence electrons. The van der Waals surface area contributed by atoms with Crippen LogP contribution in [0.2, 0.25) is 0 Å². The third-order valence-electron chi connectivity index (χ3n) is 4.76. The average Bonchev–Trinajstić information content (AvgIpc) is 3.06. The summed E-state index contributed by atoms with van der Waals surface area (Å²) in [7, 11) is 1.94. The van der Waals surface area contributed by atoms with Crippen LogP contribution in [0.5, 0.6) is 0 Å². The van der Waals surface area contributed by atoms with Gasteiger partial charge in [-0.3, -0.25) is 9.48 Å². The number of hydrogen-bond acceptors (Lipinski definition) is 3. The largest absolute Gasteiger partial charge is 0.342 e. The molecule has 2 fully saturated rings. The van der Waals surface area contributed by atoms with Gasteiger partial charge in [0, 0.05) is 44.2 Å². The lowest BCUT2D eigenvalue weighted by Crippen LogP contribution is -2.39. The van der Waals surface area contributed by atoms with Gasteiger partial charge in [0.25, 0.3) is 0 Å². The van der Waals surface area contributed by atoms with Gasteiger partial charge in [0.05, 0.1) is 6.20 Å². The van der Waals surface area contributed by atoms with Crippen molar-refractivity contribution in [3.8, 4) is 0 Å². The first-order valence-electron chi connectivity index (χ1n) is 7.66. The molecule has 3 atom stereocenters. The minimum absolute atomic E-state index is 0.159. The fourth-order valence-electron chi connectivity index (χ4n) is 3.59. The van der Waals surface area contributed by atoms with Crippen molar-refractivity contribution in [3.05, 3.63) is 18.0 Å². The number of hydrogen-bond donors (Lipinski definition) is 1. The van der Waals surface area contributed by atoms with Gasteiger partial charge in [0.2, 0.25) is 5.91 Å². The molecule has 1 aliphatic heterocycles. The van der Waals surface area contributed by atoms with Gasteiger partial charge >= 0.3 is 0 Å². The summed E-state index contributed by atoms with van der Waals surface area (Å²) in [5.74, 6) is 0.933. The van der Waals surface area contributed by atoms with Crippen LogP contribution in [0.3, 0.4) is 0 Å². The van der Waals surface area contributed by atoms with Crippen LogP contribution in [-0.2, 0) is 11.8 Å². The standard InChI is InChI=1S/C15H24N4O/c1-18-9-13(8-17-18)12-5-6-19(10-12)15(20)11-3-2-4-14(16)7-11/h8-9,11-12,14H,2-7,10,16H2,1H3. The first-order chi connectivity index (χ1) is 9.63. The molecule has 1 aromatic rings. The minimum Gasteiger partial charge on any atom is -0.342 e. The monoisotopic (exact) mass is 276 g/mol. The summed E-state index contributed by atoms with van der Waals surface area (Å²) in [6, 6.07) is 0.217. The topological polar surface area (TPSA) is 64.2 Å². The van der Waals surface area contributed by atoms with Crippen molar-refractivity contribution in [2.24, 2.45) is 18.7 Å². The van der Waals surface area contributed by atoms with Crippen LogP contribution in [0.4, 0.5) is 0 Å². The van der Waals surface area contributed by atoms with Crippen LogP contribution in [0.1, 0.15) is 43.6 Å². The summed E-state index contributed by atoms with van der Waals surface area (Å²) in [5.41, 5.74) is 7.25. The van der Waals surface area contributed by atoms with E-state index in [4.69, 9.17) is 5.73 Å². The second-order valence-corrected chi connectivity index (χ2v) is 6.34. The Morgan fingerprint density at radius 1 is 1.40 bits per heavy atom. The van der Waals surface area contributed by atoms with E-state index in [9.17, 15) is 4.79 Å². The molecule has 5 heteroatoms. The predicted molar refractivity (Wildman–Crippen MR) is 77.1 cm³/mol. The van der Waals surface area contributed by atoms with Gasteiger partial charge in [-0.2, -0.15) is 5.10 Å². The molecule has 2 N–H and O–H groups in total. The molecule has 0 bridgehead atoms. The fourth-order valence-corrected chi connectivity index (χ4v) is 3.59. The predicted octanol–water partition coefficient (Wildman–Crippen LogP) is 1.25. The van der Waals surface area contributed by atoms with Crippen molar-refractivity contribution >= 4 is 5.91 Å². The molecule has 0 radical (unpaired) electrons. The second kappa shape index (κ2) is 5.56. The van der Waals surface area contributed by atoms with Crippen molar-refractivity contribution in [1.82, 2.24) is 14.7 Å². The number of nitrogens with two attached hydrogens (primary N) is 1. The first kappa shape index (κ1) is 13.6. The molecule has 1 saturated carbocycles. The van der Waals surface area contributed by atoms with E-state index in [0.717, 1.165) is 45.2 Å². The summed E-state index contributed by atoms with van der Waals surface area (Å²) in [6.07, 6.45) is 9.09.